The molecular weight excluding hydrogens is 420 g/mol. The normalized spacial score (nSPS) is 21.3. The van der Waals surface area contributed by atoms with Crippen molar-refractivity contribution in [2.24, 2.45) is 5.41 Å². The van der Waals surface area contributed by atoms with Gasteiger partial charge in [0.25, 0.3) is 0 Å². The number of halogens is 4. The van der Waals surface area contributed by atoms with Crippen LogP contribution >= 0.6 is 0 Å². The molecule has 1 aromatic heterocycles. The van der Waals surface area contributed by atoms with Crippen molar-refractivity contribution >= 4 is 17.8 Å². The van der Waals surface area contributed by atoms with Gasteiger partial charge in [-0.25, -0.2) is 19.2 Å². The van der Waals surface area contributed by atoms with Gasteiger partial charge < -0.3 is 5.11 Å². The van der Waals surface area contributed by atoms with Crippen molar-refractivity contribution in [3.05, 3.63) is 54.1 Å². The summed E-state index contributed by atoms with van der Waals surface area (Å²) in [5.74, 6) is -2.38. The SMILES string of the molecule is O=C(O)C(F)(F)F.O=C1N(c2ncccn2)CC12CCCN(Cc1cccc(F)c1)C2. The Hall–Kier alpha value is -3.08. The van der Waals surface area contributed by atoms with Crippen LogP contribution in [-0.4, -0.2) is 57.7 Å². The second-order valence-corrected chi connectivity index (χ2v) is 7.47. The molecule has 3 heterocycles. The lowest BCUT2D eigenvalue weighted by atomic mass is 9.72. The van der Waals surface area contributed by atoms with E-state index in [0.29, 0.717) is 25.6 Å². The zero-order valence-electron chi connectivity index (χ0n) is 16.3. The number of hydrogen-bond acceptors (Lipinski definition) is 5. The van der Waals surface area contributed by atoms with Gasteiger partial charge in [-0.2, -0.15) is 13.2 Å². The number of nitrogens with zero attached hydrogens (tertiary/aromatic N) is 4. The number of rotatable bonds is 3. The van der Waals surface area contributed by atoms with Crippen molar-refractivity contribution in [2.45, 2.75) is 25.6 Å². The van der Waals surface area contributed by atoms with E-state index >= 15 is 0 Å². The van der Waals surface area contributed by atoms with Gasteiger partial charge in [-0.1, -0.05) is 12.1 Å². The van der Waals surface area contributed by atoms with Crippen LogP contribution < -0.4 is 4.90 Å². The van der Waals surface area contributed by atoms with Crippen LogP contribution in [0.1, 0.15) is 18.4 Å². The first-order chi connectivity index (χ1) is 14.6. The number of hydrogen-bond donors (Lipinski definition) is 1. The monoisotopic (exact) mass is 440 g/mol. The third-order valence-corrected chi connectivity index (χ3v) is 5.15. The smallest absolute Gasteiger partial charge is 0.475 e. The highest BCUT2D eigenvalue weighted by molar-refractivity contribution is 6.03. The molecule has 0 bridgehead atoms. The summed E-state index contributed by atoms with van der Waals surface area (Å²) in [6.45, 7) is 2.99. The number of amides is 1. The van der Waals surface area contributed by atoms with Crippen LogP contribution in [0.3, 0.4) is 0 Å². The molecule has 166 valence electrons. The molecule has 11 heteroatoms. The van der Waals surface area contributed by atoms with Crippen molar-refractivity contribution in [1.82, 2.24) is 14.9 Å². The number of β-lactam (4-membered cyclic amide) rings is 1. The molecule has 1 unspecified atom stereocenters. The lowest BCUT2D eigenvalue weighted by Gasteiger charge is -2.52. The Morgan fingerprint density at radius 1 is 1.16 bits per heavy atom. The van der Waals surface area contributed by atoms with Crippen LogP contribution in [0, 0.1) is 11.2 Å². The van der Waals surface area contributed by atoms with Gasteiger partial charge in [0.1, 0.15) is 5.82 Å². The number of benzene rings is 1. The fraction of sp³-hybridized carbons (Fsp3) is 0.400. The Labute approximate surface area is 175 Å². The molecule has 1 amide bonds. The van der Waals surface area contributed by atoms with Crippen molar-refractivity contribution in [1.29, 1.82) is 0 Å². The van der Waals surface area contributed by atoms with Crippen LogP contribution in [0.25, 0.3) is 0 Å². The lowest BCUT2D eigenvalue weighted by Crippen LogP contribution is -2.67. The summed E-state index contributed by atoms with van der Waals surface area (Å²) >= 11 is 0. The van der Waals surface area contributed by atoms with E-state index in [1.807, 2.05) is 6.07 Å². The van der Waals surface area contributed by atoms with E-state index in [4.69, 9.17) is 9.90 Å². The van der Waals surface area contributed by atoms with Gasteiger partial charge in [-0.15, -0.1) is 0 Å². The maximum atomic E-state index is 13.4. The largest absolute Gasteiger partial charge is 0.490 e. The number of carbonyl (C=O) groups is 2. The molecule has 2 aromatic rings. The molecule has 1 N–H and O–H groups in total. The lowest BCUT2D eigenvalue weighted by molar-refractivity contribution is -0.192. The Morgan fingerprint density at radius 2 is 1.84 bits per heavy atom. The molecular formula is C20H20F4N4O3. The maximum absolute atomic E-state index is 13.4. The average Bonchev–Trinajstić information content (AvgIpc) is 2.72. The van der Waals surface area contributed by atoms with Gasteiger partial charge in [0.05, 0.1) is 5.41 Å². The number of carboxylic acid groups (broad SMARTS) is 1. The van der Waals surface area contributed by atoms with Crippen molar-refractivity contribution in [2.75, 3.05) is 24.5 Å². The molecule has 1 spiro atoms. The van der Waals surface area contributed by atoms with Gasteiger partial charge in [-0.05, 0) is 43.1 Å². The Morgan fingerprint density at radius 3 is 2.42 bits per heavy atom. The van der Waals surface area contributed by atoms with Crippen molar-refractivity contribution in [3.8, 4) is 0 Å². The van der Waals surface area contributed by atoms with Crippen molar-refractivity contribution in [3.63, 3.8) is 0 Å². The maximum Gasteiger partial charge on any atom is 0.490 e. The topological polar surface area (TPSA) is 86.6 Å². The van der Waals surface area contributed by atoms with E-state index in [1.165, 1.54) is 6.07 Å². The molecule has 2 aliphatic heterocycles. The molecule has 2 aliphatic rings. The zero-order chi connectivity index (χ0) is 22.6. The Balaban J connectivity index is 0.000000339. The highest BCUT2D eigenvalue weighted by atomic mass is 19.4. The summed E-state index contributed by atoms with van der Waals surface area (Å²) in [6, 6.07) is 8.41. The molecule has 0 radical (unpaired) electrons. The van der Waals surface area contributed by atoms with Crippen LogP contribution in [-0.2, 0) is 16.1 Å². The number of aliphatic carboxylic acids is 1. The van der Waals surface area contributed by atoms with E-state index in [1.54, 1.807) is 35.5 Å². The summed E-state index contributed by atoms with van der Waals surface area (Å²) < 4.78 is 45.1. The summed E-state index contributed by atoms with van der Waals surface area (Å²) in [5, 5.41) is 7.12. The van der Waals surface area contributed by atoms with E-state index < -0.39 is 12.1 Å². The van der Waals surface area contributed by atoms with E-state index in [9.17, 15) is 22.4 Å². The third-order valence-electron chi connectivity index (χ3n) is 5.15. The van der Waals surface area contributed by atoms with Crippen molar-refractivity contribution < 1.29 is 32.3 Å². The van der Waals surface area contributed by atoms with Gasteiger partial charge in [0.15, 0.2) is 0 Å². The van der Waals surface area contributed by atoms with Crippen LogP contribution in [0.2, 0.25) is 0 Å². The molecule has 4 rings (SSSR count). The summed E-state index contributed by atoms with van der Waals surface area (Å²) in [7, 11) is 0. The highest BCUT2D eigenvalue weighted by Gasteiger charge is 2.55. The van der Waals surface area contributed by atoms with E-state index in [2.05, 4.69) is 14.9 Å². The summed E-state index contributed by atoms with van der Waals surface area (Å²) in [6.07, 6.45) is 0.0921. The van der Waals surface area contributed by atoms with Crippen LogP contribution in [0.15, 0.2) is 42.7 Å². The zero-order valence-corrected chi connectivity index (χ0v) is 16.3. The number of aromatic nitrogens is 2. The number of piperidine rings is 1. The van der Waals surface area contributed by atoms with Gasteiger partial charge in [0.2, 0.25) is 11.9 Å². The number of carboxylic acids is 1. The van der Waals surface area contributed by atoms with Crippen LogP contribution in [0.4, 0.5) is 23.5 Å². The molecule has 2 saturated heterocycles. The predicted octanol–water partition coefficient (Wildman–Crippen LogP) is 2.88. The van der Waals surface area contributed by atoms with Crippen LogP contribution in [0.5, 0.6) is 0 Å². The molecule has 7 nitrogen and oxygen atoms in total. The average molecular weight is 440 g/mol. The molecule has 1 atom stereocenters. The second-order valence-electron chi connectivity index (χ2n) is 7.47. The first kappa shape index (κ1) is 22.6. The Kier molecular flexibility index (Phi) is 6.54. The fourth-order valence-corrected chi connectivity index (χ4v) is 3.79. The number of carbonyl (C=O) groups excluding carboxylic acids is 1. The molecule has 1 aromatic carbocycles. The molecule has 0 aliphatic carbocycles. The Bertz CT molecular complexity index is 942. The van der Waals surface area contributed by atoms with Gasteiger partial charge >= 0.3 is 12.1 Å². The van der Waals surface area contributed by atoms with E-state index in [0.717, 1.165) is 24.9 Å². The highest BCUT2D eigenvalue weighted by Crippen LogP contribution is 2.41. The first-order valence-electron chi connectivity index (χ1n) is 9.47. The first-order valence-corrected chi connectivity index (χ1v) is 9.47. The summed E-state index contributed by atoms with van der Waals surface area (Å²) in [4.78, 5) is 33.9. The number of alkyl halides is 3. The number of anilines is 1. The minimum atomic E-state index is -5.08. The van der Waals surface area contributed by atoms with Gasteiger partial charge in [0, 0.05) is 32.0 Å². The van der Waals surface area contributed by atoms with Gasteiger partial charge in [-0.3, -0.25) is 14.6 Å². The minimum absolute atomic E-state index is 0.109. The summed E-state index contributed by atoms with van der Waals surface area (Å²) in [5.41, 5.74) is 0.618. The number of likely N-dealkylation sites (tertiary alicyclic amines) is 1. The molecule has 0 saturated carbocycles. The van der Waals surface area contributed by atoms with E-state index in [-0.39, 0.29) is 17.1 Å². The predicted molar refractivity (Wildman–Crippen MR) is 101 cm³/mol. The quantitative estimate of drug-likeness (QED) is 0.584. The third kappa shape index (κ3) is 5.35. The molecule has 31 heavy (non-hydrogen) atoms. The fourth-order valence-electron chi connectivity index (χ4n) is 3.79. The second kappa shape index (κ2) is 8.96. The molecule has 2 fully saturated rings. The minimum Gasteiger partial charge on any atom is -0.475 e. The standard InChI is InChI=1S/C18H19FN4O.C2HF3O2/c19-15-5-1-4-14(10-15)11-22-9-2-6-18(12-22)13-23(16(18)24)17-20-7-3-8-21-17;3-2(4,5)1(6)7/h1,3-5,7-8,10H,2,6,9,11-13H2;(H,6,7).